The molecule has 1 aromatic heterocycles. The Morgan fingerprint density at radius 3 is 2.36 bits per heavy atom. The number of aryl methyl sites for hydroxylation is 1. The molecule has 3 aromatic rings. The summed E-state index contributed by atoms with van der Waals surface area (Å²) in [5.74, 6) is 0.636. The van der Waals surface area contributed by atoms with E-state index in [9.17, 15) is 4.79 Å². The van der Waals surface area contributed by atoms with E-state index in [-0.39, 0.29) is 6.01 Å². The van der Waals surface area contributed by atoms with Crippen molar-refractivity contribution in [1.29, 1.82) is 0 Å². The van der Waals surface area contributed by atoms with Crippen molar-refractivity contribution in [1.82, 2.24) is 9.97 Å². The van der Waals surface area contributed by atoms with Crippen LogP contribution < -0.4 is 15.4 Å². The molecule has 0 saturated heterocycles. The highest BCUT2D eigenvalue weighted by atomic mass is 35.5. The molecular formula is C18H15ClN4O2. The second-order valence-electron chi connectivity index (χ2n) is 5.21. The highest BCUT2D eigenvalue weighted by Gasteiger charge is 2.06. The maximum absolute atomic E-state index is 12.0. The average molecular weight is 355 g/mol. The zero-order valence-corrected chi connectivity index (χ0v) is 14.1. The van der Waals surface area contributed by atoms with Crippen LogP contribution in [-0.4, -0.2) is 16.0 Å². The van der Waals surface area contributed by atoms with E-state index in [0.29, 0.717) is 22.1 Å². The van der Waals surface area contributed by atoms with Crippen molar-refractivity contribution in [2.75, 3.05) is 10.6 Å². The molecule has 0 fully saturated rings. The van der Waals surface area contributed by atoms with Crippen LogP contribution >= 0.6 is 11.6 Å². The van der Waals surface area contributed by atoms with Crippen molar-refractivity contribution >= 4 is 29.0 Å². The van der Waals surface area contributed by atoms with Crippen LogP contribution in [0.3, 0.4) is 0 Å². The van der Waals surface area contributed by atoms with Gasteiger partial charge in [-0.25, -0.2) is 14.8 Å². The molecule has 1 heterocycles. The molecule has 2 amide bonds. The van der Waals surface area contributed by atoms with E-state index in [0.717, 1.165) is 5.56 Å². The Labute approximate surface area is 149 Å². The number of nitrogens with zero attached hydrogens (tertiary/aromatic N) is 2. The molecular weight excluding hydrogens is 340 g/mol. The van der Waals surface area contributed by atoms with E-state index < -0.39 is 6.03 Å². The maximum atomic E-state index is 12.0. The van der Waals surface area contributed by atoms with Crippen LogP contribution in [0.2, 0.25) is 5.02 Å². The number of halogens is 1. The van der Waals surface area contributed by atoms with Crippen LogP contribution in [0.4, 0.5) is 16.2 Å². The van der Waals surface area contributed by atoms with Crippen molar-refractivity contribution in [3.8, 4) is 11.8 Å². The number of amides is 2. The number of ether oxygens (including phenoxy) is 1. The first-order chi connectivity index (χ1) is 12.1. The second kappa shape index (κ2) is 7.63. The molecule has 0 bridgehead atoms. The lowest BCUT2D eigenvalue weighted by molar-refractivity contribution is 0.262. The van der Waals surface area contributed by atoms with Gasteiger partial charge in [-0.05, 0) is 36.8 Å². The average Bonchev–Trinajstić information content (AvgIpc) is 2.61. The Hall–Kier alpha value is -3.12. The molecule has 0 aliphatic heterocycles. The van der Waals surface area contributed by atoms with E-state index >= 15 is 0 Å². The number of anilines is 2. The first-order valence-corrected chi connectivity index (χ1v) is 7.87. The monoisotopic (exact) mass is 354 g/mol. The molecule has 25 heavy (non-hydrogen) atoms. The number of urea groups is 1. The van der Waals surface area contributed by atoms with Gasteiger partial charge in [-0.1, -0.05) is 35.9 Å². The van der Waals surface area contributed by atoms with Crippen LogP contribution in [0.15, 0.2) is 60.9 Å². The molecule has 0 spiro atoms. The summed E-state index contributed by atoms with van der Waals surface area (Å²) in [7, 11) is 0. The lowest BCUT2D eigenvalue weighted by Crippen LogP contribution is -2.19. The van der Waals surface area contributed by atoms with Gasteiger partial charge in [0.2, 0.25) is 0 Å². The standard InChI is InChI=1S/C18H15ClN4O2/c1-12-7-8-13(9-16(12)19)22-17(24)23-14-10-20-18(21-11-14)25-15-5-3-2-4-6-15/h2-11H,1H3,(H2,22,23,24). The molecule has 7 heteroatoms. The van der Waals surface area contributed by atoms with E-state index in [1.54, 1.807) is 24.3 Å². The van der Waals surface area contributed by atoms with E-state index in [2.05, 4.69) is 20.6 Å². The fourth-order valence-electron chi connectivity index (χ4n) is 1.99. The summed E-state index contributed by atoms with van der Waals surface area (Å²) in [4.78, 5) is 20.1. The number of para-hydroxylation sites is 1. The number of aromatic nitrogens is 2. The molecule has 126 valence electrons. The summed E-state index contributed by atoms with van der Waals surface area (Å²) in [6.45, 7) is 1.89. The van der Waals surface area contributed by atoms with Crippen LogP contribution in [-0.2, 0) is 0 Å². The van der Waals surface area contributed by atoms with Crippen molar-refractivity contribution in [3.63, 3.8) is 0 Å². The van der Waals surface area contributed by atoms with Crippen molar-refractivity contribution in [3.05, 3.63) is 71.5 Å². The summed E-state index contributed by atoms with van der Waals surface area (Å²) in [6, 6.07) is 14.3. The van der Waals surface area contributed by atoms with Crippen LogP contribution in [0.5, 0.6) is 11.8 Å². The number of hydrogen-bond acceptors (Lipinski definition) is 4. The third-order valence-corrected chi connectivity index (χ3v) is 3.68. The number of carbonyl (C=O) groups is 1. The molecule has 6 nitrogen and oxygen atoms in total. The topological polar surface area (TPSA) is 76.1 Å². The Morgan fingerprint density at radius 2 is 1.68 bits per heavy atom. The number of benzene rings is 2. The fourth-order valence-corrected chi connectivity index (χ4v) is 2.17. The van der Waals surface area contributed by atoms with Gasteiger partial charge >= 0.3 is 12.0 Å². The van der Waals surface area contributed by atoms with Gasteiger partial charge < -0.3 is 15.4 Å². The van der Waals surface area contributed by atoms with Crippen molar-refractivity contribution in [2.45, 2.75) is 6.92 Å². The SMILES string of the molecule is Cc1ccc(NC(=O)Nc2cnc(Oc3ccccc3)nc2)cc1Cl. The smallest absolute Gasteiger partial charge is 0.323 e. The third kappa shape index (κ3) is 4.68. The van der Waals surface area contributed by atoms with Crippen LogP contribution in [0.1, 0.15) is 5.56 Å². The Morgan fingerprint density at radius 1 is 1.00 bits per heavy atom. The summed E-state index contributed by atoms with van der Waals surface area (Å²) in [6.07, 6.45) is 2.93. The highest BCUT2D eigenvalue weighted by Crippen LogP contribution is 2.20. The fraction of sp³-hybridized carbons (Fsp3) is 0.0556. The minimum absolute atomic E-state index is 0.197. The van der Waals surface area contributed by atoms with Gasteiger partial charge in [0, 0.05) is 10.7 Å². The summed E-state index contributed by atoms with van der Waals surface area (Å²) in [5, 5.41) is 5.92. The van der Waals surface area contributed by atoms with E-state index in [4.69, 9.17) is 16.3 Å². The van der Waals surface area contributed by atoms with Crippen molar-refractivity contribution in [2.24, 2.45) is 0 Å². The first kappa shape index (κ1) is 16.7. The molecule has 0 unspecified atom stereocenters. The Kier molecular flexibility index (Phi) is 5.11. The van der Waals surface area contributed by atoms with Gasteiger partial charge in [0.05, 0.1) is 18.1 Å². The minimum Gasteiger partial charge on any atom is -0.424 e. The molecule has 0 atom stereocenters. The van der Waals surface area contributed by atoms with Gasteiger partial charge in [0.15, 0.2) is 0 Å². The number of carbonyl (C=O) groups excluding carboxylic acids is 1. The molecule has 0 aliphatic rings. The predicted molar refractivity (Wildman–Crippen MR) is 97.4 cm³/mol. The predicted octanol–water partition coefficient (Wildman–Crippen LogP) is 4.87. The Bertz CT molecular complexity index is 870. The zero-order chi connectivity index (χ0) is 17.6. The summed E-state index contributed by atoms with van der Waals surface area (Å²) >= 11 is 6.04. The van der Waals surface area contributed by atoms with Crippen LogP contribution in [0.25, 0.3) is 0 Å². The Balaban J connectivity index is 1.59. The molecule has 2 aromatic carbocycles. The molecule has 0 radical (unpaired) electrons. The van der Waals surface area contributed by atoms with Crippen molar-refractivity contribution < 1.29 is 9.53 Å². The molecule has 2 N–H and O–H groups in total. The second-order valence-corrected chi connectivity index (χ2v) is 5.62. The van der Waals surface area contributed by atoms with Gasteiger partial charge in [-0.15, -0.1) is 0 Å². The van der Waals surface area contributed by atoms with E-state index in [1.165, 1.54) is 12.4 Å². The van der Waals surface area contributed by atoms with Gasteiger partial charge in [-0.3, -0.25) is 0 Å². The van der Waals surface area contributed by atoms with Crippen LogP contribution in [0, 0.1) is 6.92 Å². The number of hydrogen-bond donors (Lipinski definition) is 2. The highest BCUT2D eigenvalue weighted by molar-refractivity contribution is 6.31. The van der Waals surface area contributed by atoms with E-state index in [1.807, 2.05) is 31.2 Å². The molecule has 0 saturated carbocycles. The lowest BCUT2D eigenvalue weighted by atomic mass is 10.2. The minimum atomic E-state index is -0.416. The van der Waals surface area contributed by atoms with Gasteiger partial charge in [0.1, 0.15) is 5.75 Å². The lowest BCUT2D eigenvalue weighted by Gasteiger charge is -2.09. The normalized spacial score (nSPS) is 10.2. The largest absolute Gasteiger partial charge is 0.424 e. The number of rotatable bonds is 4. The quantitative estimate of drug-likeness (QED) is 0.700. The zero-order valence-electron chi connectivity index (χ0n) is 13.4. The van der Waals surface area contributed by atoms with Gasteiger partial charge in [0.25, 0.3) is 0 Å². The summed E-state index contributed by atoms with van der Waals surface area (Å²) < 4.78 is 5.49. The first-order valence-electron chi connectivity index (χ1n) is 7.49. The number of nitrogens with one attached hydrogen (secondary N) is 2. The molecule has 0 aliphatic carbocycles. The van der Waals surface area contributed by atoms with Gasteiger partial charge in [-0.2, -0.15) is 0 Å². The molecule has 3 rings (SSSR count). The third-order valence-electron chi connectivity index (χ3n) is 3.27. The maximum Gasteiger partial charge on any atom is 0.323 e. The summed E-state index contributed by atoms with van der Waals surface area (Å²) in [5.41, 5.74) is 1.98.